The quantitative estimate of drug-likeness (QED) is 0.593. The minimum Gasteiger partial charge on any atom is -0.309 e. The summed E-state index contributed by atoms with van der Waals surface area (Å²) in [4.78, 5) is 28.6. The van der Waals surface area contributed by atoms with Crippen molar-refractivity contribution in [2.24, 2.45) is 0 Å². The number of carbonyl (C=O) groups is 2. The number of sulfonamides is 1. The van der Waals surface area contributed by atoms with Crippen LogP contribution in [-0.4, -0.2) is 32.8 Å². The molecule has 0 spiro atoms. The third-order valence-electron chi connectivity index (χ3n) is 6.69. The second-order valence-electron chi connectivity index (χ2n) is 9.09. The van der Waals surface area contributed by atoms with Crippen molar-refractivity contribution in [3.63, 3.8) is 0 Å². The van der Waals surface area contributed by atoms with E-state index in [2.05, 4.69) is 4.72 Å². The van der Waals surface area contributed by atoms with Gasteiger partial charge >= 0.3 is 0 Å². The van der Waals surface area contributed by atoms with Crippen LogP contribution in [0.1, 0.15) is 40.9 Å². The van der Waals surface area contributed by atoms with Crippen molar-refractivity contribution in [2.75, 3.05) is 16.3 Å². The van der Waals surface area contributed by atoms with E-state index in [1.54, 1.807) is 34.1 Å². The molecule has 0 radical (unpaired) electrons. The summed E-state index contributed by atoms with van der Waals surface area (Å²) in [7, 11) is -3.76. The van der Waals surface area contributed by atoms with Crippen LogP contribution >= 0.6 is 0 Å². The SMILES string of the molecule is CC(=O)N1c2ccc(S(=O)(=O)NCc3ccc4c(c3)N(C(=O)c3ccccc3)CC4)cc2C[C@H]1C. The Morgan fingerprint density at radius 2 is 1.74 bits per heavy atom. The molecule has 2 aliphatic heterocycles. The zero-order valence-electron chi connectivity index (χ0n) is 19.7. The molecule has 2 aliphatic rings. The van der Waals surface area contributed by atoms with E-state index in [1.807, 2.05) is 43.3 Å². The van der Waals surface area contributed by atoms with Gasteiger partial charge in [0, 0.05) is 43.0 Å². The fraction of sp³-hybridized carbons (Fsp3) is 0.259. The van der Waals surface area contributed by atoms with Crippen LogP contribution < -0.4 is 14.5 Å². The Morgan fingerprint density at radius 3 is 2.49 bits per heavy atom. The average molecular weight is 490 g/mol. The number of carbonyl (C=O) groups excluding carboxylic acids is 2. The van der Waals surface area contributed by atoms with Gasteiger partial charge in [0.15, 0.2) is 0 Å². The summed E-state index contributed by atoms with van der Waals surface area (Å²) in [6.45, 7) is 4.18. The van der Waals surface area contributed by atoms with Crippen LogP contribution in [0.15, 0.2) is 71.6 Å². The first kappa shape index (κ1) is 23.3. The molecule has 0 bridgehead atoms. The number of hydrogen-bond donors (Lipinski definition) is 1. The van der Waals surface area contributed by atoms with Gasteiger partial charge in [-0.2, -0.15) is 0 Å². The van der Waals surface area contributed by atoms with Crippen molar-refractivity contribution >= 4 is 33.2 Å². The molecular formula is C27H27N3O4S. The predicted molar refractivity (Wildman–Crippen MR) is 135 cm³/mol. The second kappa shape index (κ2) is 8.94. The fourth-order valence-electron chi connectivity index (χ4n) is 5.00. The first-order valence-electron chi connectivity index (χ1n) is 11.7. The number of hydrogen-bond acceptors (Lipinski definition) is 4. The summed E-state index contributed by atoms with van der Waals surface area (Å²) in [5, 5.41) is 0. The number of amides is 2. The van der Waals surface area contributed by atoms with Crippen LogP contribution in [0.2, 0.25) is 0 Å². The van der Waals surface area contributed by atoms with Gasteiger partial charge in [-0.15, -0.1) is 0 Å². The lowest BCUT2D eigenvalue weighted by atomic mass is 10.1. The van der Waals surface area contributed by atoms with Crippen LogP contribution in [0.3, 0.4) is 0 Å². The summed E-state index contributed by atoms with van der Waals surface area (Å²) in [6, 6.07) is 19.8. The molecule has 5 rings (SSSR count). The summed E-state index contributed by atoms with van der Waals surface area (Å²) in [6.07, 6.45) is 1.39. The van der Waals surface area contributed by atoms with Gasteiger partial charge in [-0.3, -0.25) is 9.59 Å². The summed E-state index contributed by atoms with van der Waals surface area (Å²) < 4.78 is 28.8. The molecule has 180 valence electrons. The van der Waals surface area contributed by atoms with Crippen LogP contribution in [0.4, 0.5) is 11.4 Å². The minimum atomic E-state index is -3.76. The lowest BCUT2D eigenvalue weighted by molar-refractivity contribution is -0.116. The molecule has 1 N–H and O–H groups in total. The Hall–Kier alpha value is -3.49. The maximum atomic E-state index is 13.0. The van der Waals surface area contributed by atoms with E-state index in [9.17, 15) is 18.0 Å². The van der Waals surface area contributed by atoms with Gasteiger partial charge < -0.3 is 9.80 Å². The molecular weight excluding hydrogens is 462 g/mol. The van der Waals surface area contributed by atoms with Gasteiger partial charge in [-0.05, 0) is 72.9 Å². The van der Waals surface area contributed by atoms with E-state index >= 15 is 0 Å². The Morgan fingerprint density at radius 1 is 0.971 bits per heavy atom. The van der Waals surface area contributed by atoms with Gasteiger partial charge in [0.25, 0.3) is 5.91 Å². The van der Waals surface area contributed by atoms with Crippen molar-refractivity contribution < 1.29 is 18.0 Å². The van der Waals surface area contributed by atoms with Crippen LogP contribution in [0, 0.1) is 0 Å². The highest BCUT2D eigenvalue weighted by molar-refractivity contribution is 7.89. The molecule has 7 nitrogen and oxygen atoms in total. The van der Waals surface area contributed by atoms with E-state index in [0.29, 0.717) is 18.5 Å². The standard InChI is InChI=1S/C27H27N3O4S/c1-18-14-23-16-24(10-11-25(23)30(18)19(2)31)35(33,34)28-17-20-8-9-21-12-13-29(26(21)15-20)27(32)22-6-4-3-5-7-22/h3-11,15-16,18,28H,12-14,17H2,1-2H3/t18-/m1/s1. The van der Waals surface area contributed by atoms with Gasteiger partial charge in [0.05, 0.1) is 4.90 Å². The summed E-state index contributed by atoms with van der Waals surface area (Å²) in [5.41, 5.74) is 4.92. The molecule has 3 aromatic carbocycles. The number of anilines is 2. The minimum absolute atomic E-state index is 0.00127. The molecule has 2 amide bonds. The molecule has 1 atom stereocenters. The smallest absolute Gasteiger partial charge is 0.258 e. The zero-order valence-corrected chi connectivity index (χ0v) is 20.5. The third-order valence-corrected chi connectivity index (χ3v) is 8.09. The number of fused-ring (bicyclic) bond motifs is 2. The van der Waals surface area contributed by atoms with E-state index in [4.69, 9.17) is 0 Å². The first-order chi connectivity index (χ1) is 16.7. The largest absolute Gasteiger partial charge is 0.309 e. The normalized spacial score (nSPS) is 16.8. The predicted octanol–water partition coefficient (Wildman–Crippen LogP) is 3.67. The highest BCUT2D eigenvalue weighted by Crippen LogP contribution is 2.34. The van der Waals surface area contributed by atoms with Gasteiger partial charge in [-0.25, -0.2) is 13.1 Å². The van der Waals surface area contributed by atoms with Crippen molar-refractivity contribution in [3.05, 3.63) is 89.0 Å². The fourth-order valence-corrected chi connectivity index (χ4v) is 6.07. The zero-order chi connectivity index (χ0) is 24.7. The maximum absolute atomic E-state index is 13.0. The molecule has 8 heteroatoms. The summed E-state index contributed by atoms with van der Waals surface area (Å²) in [5.74, 6) is -0.115. The van der Waals surface area contributed by atoms with E-state index < -0.39 is 10.0 Å². The first-order valence-corrected chi connectivity index (χ1v) is 13.1. The Bertz CT molecular complexity index is 1420. The molecule has 0 fully saturated rings. The van der Waals surface area contributed by atoms with E-state index in [0.717, 1.165) is 34.5 Å². The number of nitrogens with zero attached hydrogens (tertiary/aromatic N) is 2. The lowest BCUT2D eigenvalue weighted by Gasteiger charge is -2.20. The molecule has 0 saturated heterocycles. The van der Waals surface area contributed by atoms with Gasteiger partial charge in [-0.1, -0.05) is 30.3 Å². The second-order valence-corrected chi connectivity index (χ2v) is 10.9. The van der Waals surface area contributed by atoms with Crippen molar-refractivity contribution in [2.45, 2.75) is 44.2 Å². The highest BCUT2D eigenvalue weighted by Gasteiger charge is 2.30. The molecule has 0 unspecified atom stereocenters. The molecule has 2 heterocycles. The monoisotopic (exact) mass is 489 g/mol. The van der Waals surface area contributed by atoms with Gasteiger partial charge in [0.1, 0.15) is 0 Å². The van der Waals surface area contributed by atoms with Crippen LogP contribution in [-0.2, 0) is 34.2 Å². The highest BCUT2D eigenvalue weighted by atomic mass is 32.2. The van der Waals surface area contributed by atoms with Crippen LogP contribution in [0.25, 0.3) is 0 Å². The van der Waals surface area contributed by atoms with E-state index in [1.165, 1.54) is 13.0 Å². The maximum Gasteiger partial charge on any atom is 0.258 e. The average Bonchev–Trinajstić information content (AvgIpc) is 3.42. The lowest BCUT2D eigenvalue weighted by Crippen LogP contribution is -2.33. The number of benzene rings is 3. The Kier molecular flexibility index (Phi) is 5.94. The number of rotatable bonds is 5. The topological polar surface area (TPSA) is 86.8 Å². The molecule has 3 aromatic rings. The third kappa shape index (κ3) is 4.35. The molecule has 35 heavy (non-hydrogen) atoms. The Labute approximate surface area is 205 Å². The van der Waals surface area contributed by atoms with Crippen LogP contribution in [0.5, 0.6) is 0 Å². The van der Waals surface area contributed by atoms with E-state index in [-0.39, 0.29) is 29.3 Å². The molecule has 0 aliphatic carbocycles. The van der Waals surface area contributed by atoms with Crippen molar-refractivity contribution in [3.8, 4) is 0 Å². The van der Waals surface area contributed by atoms with Crippen molar-refractivity contribution in [1.82, 2.24) is 4.72 Å². The molecule has 0 saturated carbocycles. The number of nitrogens with one attached hydrogen (secondary N) is 1. The summed E-state index contributed by atoms with van der Waals surface area (Å²) >= 11 is 0. The van der Waals surface area contributed by atoms with Crippen molar-refractivity contribution in [1.29, 1.82) is 0 Å². The van der Waals surface area contributed by atoms with Gasteiger partial charge in [0.2, 0.25) is 15.9 Å². The molecule has 0 aromatic heterocycles. The Balaban J connectivity index is 1.33.